The predicted octanol–water partition coefficient (Wildman–Crippen LogP) is 3.73. The molecule has 0 bridgehead atoms. The van der Waals surface area contributed by atoms with Crippen molar-refractivity contribution in [3.8, 4) is 6.07 Å². The molecule has 0 N–H and O–H groups in total. The number of alkyl halides is 1. The third-order valence-electron chi connectivity index (χ3n) is 3.31. The lowest BCUT2D eigenvalue weighted by Gasteiger charge is -2.19. The smallest absolute Gasteiger partial charge is 0.0689 e. The Balaban J connectivity index is 2.48. The van der Waals surface area contributed by atoms with Crippen molar-refractivity contribution in [2.24, 2.45) is 11.3 Å². The molecule has 0 amide bonds. The zero-order chi connectivity index (χ0) is 9.73. The summed E-state index contributed by atoms with van der Waals surface area (Å²) in [6, 6.07) is 2.52. The van der Waals surface area contributed by atoms with E-state index in [1.165, 1.54) is 12.8 Å². The lowest BCUT2D eigenvalue weighted by atomic mass is 9.82. The highest BCUT2D eigenvalue weighted by molar-refractivity contribution is 6.17. The molecule has 0 aliphatic heterocycles. The van der Waals surface area contributed by atoms with Gasteiger partial charge in [-0.3, -0.25) is 0 Å². The molecular weight excluding hydrogens is 182 g/mol. The highest BCUT2D eigenvalue weighted by atomic mass is 35.5. The molecule has 0 aromatic carbocycles. The van der Waals surface area contributed by atoms with Gasteiger partial charge in [0.25, 0.3) is 0 Å². The lowest BCUT2D eigenvalue weighted by Crippen LogP contribution is -2.14. The van der Waals surface area contributed by atoms with E-state index in [9.17, 15) is 0 Å². The number of halogens is 1. The third-order valence-corrected chi connectivity index (χ3v) is 3.58. The Morgan fingerprint density at radius 3 is 2.85 bits per heavy atom. The molecule has 74 valence electrons. The summed E-state index contributed by atoms with van der Waals surface area (Å²) >= 11 is 5.66. The first kappa shape index (κ1) is 10.9. The van der Waals surface area contributed by atoms with Crippen molar-refractivity contribution in [1.82, 2.24) is 0 Å². The van der Waals surface area contributed by atoms with Crippen LogP contribution >= 0.6 is 11.6 Å². The monoisotopic (exact) mass is 199 g/mol. The Bertz CT molecular complexity index is 197. The fraction of sp³-hybridized carbons (Fsp3) is 0.909. The summed E-state index contributed by atoms with van der Waals surface area (Å²) in [5.74, 6) is 1.48. The number of nitrogens with zero attached hydrogens (tertiary/aromatic N) is 1. The molecular formula is C11H18ClN. The van der Waals surface area contributed by atoms with Gasteiger partial charge in [-0.2, -0.15) is 5.26 Å². The molecule has 2 unspecified atom stereocenters. The van der Waals surface area contributed by atoms with Crippen molar-refractivity contribution in [2.45, 2.75) is 45.4 Å². The normalized spacial score (nSPS) is 33.2. The first-order valence-corrected chi connectivity index (χ1v) is 5.77. The molecule has 2 heteroatoms. The molecule has 2 atom stereocenters. The van der Waals surface area contributed by atoms with Gasteiger partial charge in [-0.05, 0) is 38.0 Å². The summed E-state index contributed by atoms with van der Waals surface area (Å²) in [6.45, 7) is 2.22. The van der Waals surface area contributed by atoms with Gasteiger partial charge in [0.1, 0.15) is 0 Å². The van der Waals surface area contributed by atoms with Crippen molar-refractivity contribution in [3.05, 3.63) is 0 Å². The maximum atomic E-state index is 9.16. The van der Waals surface area contributed by atoms with Gasteiger partial charge in [0.2, 0.25) is 0 Å². The summed E-state index contributed by atoms with van der Waals surface area (Å²) < 4.78 is 0. The summed E-state index contributed by atoms with van der Waals surface area (Å²) in [5, 5.41) is 9.16. The molecule has 0 aromatic heterocycles. The zero-order valence-electron chi connectivity index (χ0n) is 8.35. The molecule has 1 aliphatic carbocycles. The van der Waals surface area contributed by atoms with Crippen LogP contribution < -0.4 is 0 Å². The minimum absolute atomic E-state index is 0.0183. The Labute approximate surface area is 86.1 Å². The minimum atomic E-state index is -0.0183. The molecule has 0 saturated heterocycles. The van der Waals surface area contributed by atoms with Crippen LogP contribution in [0, 0.1) is 22.7 Å². The van der Waals surface area contributed by atoms with Crippen LogP contribution in [0.4, 0.5) is 0 Å². The molecule has 1 fully saturated rings. The van der Waals surface area contributed by atoms with E-state index >= 15 is 0 Å². The van der Waals surface area contributed by atoms with Crippen LogP contribution in [0.5, 0.6) is 0 Å². The van der Waals surface area contributed by atoms with Crippen LogP contribution in [0.25, 0.3) is 0 Å². The Kier molecular flexibility index (Phi) is 4.06. The summed E-state index contributed by atoms with van der Waals surface area (Å²) in [6.07, 6.45) is 6.67. The molecule has 0 aromatic rings. The Hall–Kier alpha value is -0.220. The molecule has 1 aliphatic rings. The topological polar surface area (TPSA) is 23.8 Å². The average molecular weight is 200 g/mol. The van der Waals surface area contributed by atoms with Crippen molar-refractivity contribution >= 4 is 11.6 Å². The second-order valence-corrected chi connectivity index (χ2v) is 4.58. The molecule has 1 saturated carbocycles. The zero-order valence-corrected chi connectivity index (χ0v) is 9.11. The molecule has 0 spiro atoms. The van der Waals surface area contributed by atoms with Gasteiger partial charge in [-0.1, -0.05) is 13.3 Å². The first-order chi connectivity index (χ1) is 6.26. The summed E-state index contributed by atoms with van der Waals surface area (Å²) in [4.78, 5) is 0. The maximum absolute atomic E-state index is 9.16. The van der Waals surface area contributed by atoms with Crippen LogP contribution in [0.3, 0.4) is 0 Å². The average Bonchev–Trinajstić information content (AvgIpc) is 2.59. The largest absolute Gasteiger partial charge is 0.198 e. The fourth-order valence-electron chi connectivity index (χ4n) is 2.38. The number of hydrogen-bond donors (Lipinski definition) is 0. The van der Waals surface area contributed by atoms with Crippen LogP contribution in [-0.4, -0.2) is 5.88 Å². The SMILES string of the molecule is CCC1CCC(C#N)(CCCCl)C1. The second kappa shape index (κ2) is 4.86. The second-order valence-electron chi connectivity index (χ2n) is 4.20. The predicted molar refractivity (Wildman–Crippen MR) is 55.6 cm³/mol. The van der Waals surface area contributed by atoms with E-state index in [-0.39, 0.29) is 5.41 Å². The van der Waals surface area contributed by atoms with Crippen LogP contribution in [0.1, 0.15) is 45.4 Å². The van der Waals surface area contributed by atoms with Crippen LogP contribution in [-0.2, 0) is 0 Å². The third kappa shape index (κ3) is 2.61. The van der Waals surface area contributed by atoms with E-state index in [2.05, 4.69) is 13.0 Å². The van der Waals surface area contributed by atoms with Gasteiger partial charge in [-0.25, -0.2) is 0 Å². The van der Waals surface area contributed by atoms with Gasteiger partial charge < -0.3 is 0 Å². The highest BCUT2D eigenvalue weighted by Crippen LogP contribution is 2.45. The summed E-state index contributed by atoms with van der Waals surface area (Å²) in [7, 11) is 0. The van der Waals surface area contributed by atoms with Crippen molar-refractivity contribution in [2.75, 3.05) is 5.88 Å². The first-order valence-electron chi connectivity index (χ1n) is 5.23. The van der Waals surface area contributed by atoms with E-state index in [1.807, 2.05) is 0 Å². The van der Waals surface area contributed by atoms with E-state index < -0.39 is 0 Å². The number of rotatable bonds is 4. The maximum Gasteiger partial charge on any atom is 0.0689 e. The number of nitriles is 1. The standard InChI is InChI=1S/C11H18ClN/c1-2-10-4-6-11(8-10,9-13)5-3-7-12/h10H,2-8H2,1H3. The van der Waals surface area contributed by atoms with Gasteiger partial charge in [0.05, 0.1) is 11.5 Å². The van der Waals surface area contributed by atoms with E-state index in [1.54, 1.807) is 0 Å². The quantitative estimate of drug-likeness (QED) is 0.633. The van der Waals surface area contributed by atoms with E-state index in [4.69, 9.17) is 16.9 Å². The molecule has 1 nitrogen and oxygen atoms in total. The Morgan fingerprint density at radius 1 is 1.62 bits per heavy atom. The van der Waals surface area contributed by atoms with Crippen molar-refractivity contribution < 1.29 is 0 Å². The van der Waals surface area contributed by atoms with E-state index in [0.717, 1.165) is 31.6 Å². The highest BCUT2D eigenvalue weighted by Gasteiger charge is 2.37. The van der Waals surface area contributed by atoms with E-state index in [0.29, 0.717) is 5.88 Å². The molecule has 13 heavy (non-hydrogen) atoms. The fourth-order valence-corrected chi connectivity index (χ4v) is 2.51. The van der Waals surface area contributed by atoms with Gasteiger partial charge >= 0.3 is 0 Å². The van der Waals surface area contributed by atoms with Crippen molar-refractivity contribution in [3.63, 3.8) is 0 Å². The van der Waals surface area contributed by atoms with Gasteiger partial charge in [-0.15, -0.1) is 11.6 Å². The summed E-state index contributed by atoms with van der Waals surface area (Å²) in [5.41, 5.74) is -0.0183. The molecule has 1 rings (SSSR count). The van der Waals surface area contributed by atoms with Crippen LogP contribution in [0.2, 0.25) is 0 Å². The van der Waals surface area contributed by atoms with Crippen LogP contribution in [0.15, 0.2) is 0 Å². The minimum Gasteiger partial charge on any atom is -0.198 e. The molecule has 0 heterocycles. The van der Waals surface area contributed by atoms with Gasteiger partial charge in [0.15, 0.2) is 0 Å². The lowest BCUT2D eigenvalue weighted by molar-refractivity contribution is 0.352. The number of hydrogen-bond acceptors (Lipinski definition) is 1. The van der Waals surface area contributed by atoms with Crippen molar-refractivity contribution in [1.29, 1.82) is 5.26 Å². The van der Waals surface area contributed by atoms with Gasteiger partial charge in [0, 0.05) is 5.88 Å². The molecule has 0 radical (unpaired) electrons. The Morgan fingerprint density at radius 2 is 2.38 bits per heavy atom.